The van der Waals surface area contributed by atoms with E-state index in [-0.39, 0.29) is 6.10 Å². The fourth-order valence-corrected chi connectivity index (χ4v) is 3.65. The molecule has 0 saturated carbocycles. The highest BCUT2D eigenvalue weighted by Gasteiger charge is 2.19. The summed E-state index contributed by atoms with van der Waals surface area (Å²) in [4.78, 5) is 4.93. The first-order valence-corrected chi connectivity index (χ1v) is 9.56. The third-order valence-corrected chi connectivity index (χ3v) is 4.92. The van der Waals surface area contributed by atoms with Crippen molar-refractivity contribution in [1.82, 2.24) is 14.6 Å². The summed E-state index contributed by atoms with van der Waals surface area (Å²) in [5.41, 5.74) is 5.30. The van der Waals surface area contributed by atoms with Crippen molar-refractivity contribution < 1.29 is 4.74 Å². The van der Waals surface area contributed by atoms with Crippen molar-refractivity contribution in [3.8, 4) is 11.1 Å². The summed E-state index contributed by atoms with van der Waals surface area (Å²) in [6.07, 6.45) is 4.60. The van der Waals surface area contributed by atoms with Crippen LogP contribution in [-0.2, 0) is 11.2 Å². The standard InChI is InChI=1S/C21H26N4O/c1-3-8-17-13-19(22-14-18-11-7-12-26-18)25-21(23-17)20(15(2)24-25)16-9-5-4-6-10-16/h4-6,9-10,13,18,22H,3,7-8,11-12,14H2,1-2H3/t18-/m0/s1. The largest absolute Gasteiger partial charge is 0.376 e. The third-order valence-electron chi connectivity index (χ3n) is 4.92. The highest BCUT2D eigenvalue weighted by Crippen LogP contribution is 2.29. The highest BCUT2D eigenvalue weighted by atomic mass is 16.5. The Balaban J connectivity index is 1.77. The SMILES string of the molecule is CCCc1cc(NC[C@@H]2CCCO2)n2nc(C)c(-c3ccccc3)c2n1. The molecule has 1 fully saturated rings. The fourth-order valence-electron chi connectivity index (χ4n) is 3.65. The first kappa shape index (κ1) is 17.0. The molecule has 3 aromatic rings. The van der Waals surface area contributed by atoms with Gasteiger partial charge in [0.2, 0.25) is 0 Å². The zero-order chi connectivity index (χ0) is 17.9. The van der Waals surface area contributed by atoms with Gasteiger partial charge in [-0.3, -0.25) is 0 Å². The molecule has 1 aliphatic rings. The molecule has 5 heteroatoms. The lowest BCUT2D eigenvalue weighted by molar-refractivity contribution is 0.120. The van der Waals surface area contributed by atoms with E-state index in [2.05, 4.69) is 49.5 Å². The van der Waals surface area contributed by atoms with Crippen LogP contribution in [0.1, 0.15) is 37.6 Å². The van der Waals surface area contributed by atoms with Gasteiger partial charge in [-0.2, -0.15) is 9.61 Å². The number of rotatable bonds is 6. The minimum atomic E-state index is 0.290. The summed E-state index contributed by atoms with van der Waals surface area (Å²) in [7, 11) is 0. The second-order valence-electron chi connectivity index (χ2n) is 6.96. The van der Waals surface area contributed by atoms with Gasteiger partial charge in [0, 0.05) is 30.5 Å². The van der Waals surface area contributed by atoms with Gasteiger partial charge in [-0.1, -0.05) is 43.7 Å². The van der Waals surface area contributed by atoms with Crippen LogP contribution in [0.5, 0.6) is 0 Å². The molecule has 4 rings (SSSR count). The Bertz CT molecular complexity index is 882. The first-order valence-electron chi connectivity index (χ1n) is 9.56. The topological polar surface area (TPSA) is 51.5 Å². The smallest absolute Gasteiger partial charge is 0.165 e. The summed E-state index contributed by atoms with van der Waals surface area (Å²) in [6.45, 7) is 5.92. The van der Waals surface area contributed by atoms with E-state index in [1.165, 1.54) is 0 Å². The summed E-state index contributed by atoms with van der Waals surface area (Å²) < 4.78 is 7.71. The Morgan fingerprint density at radius 3 is 2.85 bits per heavy atom. The molecule has 1 saturated heterocycles. The molecule has 1 aromatic carbocycles. The van der Waals surface area contributed by atoms with Gasteiger partial charge in [-0.25, -0.2) is 4.98 Å². The zero-order valence-corrected chi connectivity index (χ0v) is 15.5. The van der Waals surface area contributed by atoms with Gasteiger partial charge >= 0.3 is 0 Å². The van der Waals surface area contributed by atoms with Gasteiger partial charge in [-0.05, 0) is 31.7 Å². The minimum absolute atomic E-state index is 0.290. The van der Waals surface area contributed by atoms with Gasteiger partial charge in [0.25, 0.3) is 0 Å². The van der Waals surface area contributed by atoms with Gasteiger partial charge < -0.3 is 10.1 Å². The maximum atomic E-state index is 5.75. The second-order valence-corrected chi connectivity index (χ2v) is 6.96. The molecule has 0 bridgehead atoms. The van der Waals surface area contributed by atoms with Crippen molar-refractivity contribution in [2.24, 2.45) is 0 Å². The molecule has 2 aromatic heterocycles. The molecule has 0 radical (unpaired) electrons. The van der Waals surface area contributed by atoms with Crippen molar-refractivity contribution in [3.05, 3.63) is 47.8 Å². The third kappa shape index (κ3) is 3.31. The predicted octanol–water partition coefficient (Wildman–Crippen LogP) is 4.25. The predicted molar refractivity (Wildman–Crippen MR) is 105 cm³/mol. The average molecular weight is 350 g/mol. The van der Waals surface area contributed by atoms with E-state index >= 15 is 0 Å². The van der Waals surface area contributed by atoms with Crippen molar-refractivity contribution in [2.45, 2.75) is 45.6 Å². The van der Waals surface area contributed by atoms with Crippen LogP contribution in [0.4, 0.5) is 5.82 Å². The Kier molecular flexibility index (Phi) is 4.89. The van der Waals surface area contributed by atoms with Crippen LogP contribution in [0, 0.1) is 6.92 Å². The minimum Gasteiger partial charge on any atom is -0.376 e. The Hall–Kier alpha value is -2.40. The van der Waals surface area contributed by atoms with Gasteiger partial charge in [0.1, 0.15) is 5.82 Å². The molecule has 0 spiro atoms. The van der Waals surface area contributed by atoms with Crippen LogP contribution in [0.15, 0.2) is 36.4 Å². The zero-order valence-electron chi connectivity index (χ0n) is 15.5. The number of ether oxygens (including phenoxy) is 1. The molecule has 1 N–H and O–H groups in total. The number of fused-ring (bicyclic) bond motifs is 1. The second kappa shape index (κ2) is 7.46. The Morgan fingerprint density at radius 1 is 1.27 bits per heavy atom. The van der Waals surface area contributed by atoms with E-state index in [0.29, 0.717) is 0 Å². The van der Waals surface area contributed by atoms with E-state index in [1.807, 2.05) is 10.6 Å². The molecule has 0 unspecified atom stereocenters. The number of anilines is 1. The number of benzene rings is 1. The fraction of sp³-hybridized carbons (Fsp3) is 0.429. The normalized spacial score (nSPS) is 17.1. The van der Waals surface area contributed by atoms with Crippen LogP contribution in [0.25, 0.3) is 16.8 Å². The van der Waals surface area contributed by atoms with E-state index in [1.54, 1.807) is 0 Å². The van der Waals surface area contributed by atoms with Gasteiger partial charge in [-0.15, -0.1) is 0 Å². The number of aromatic nitrogens is 3. The molecule has 1 aliphatic heterocycles. The molecule has 26 heavy (non-hydrogen) atoms. The number of hydrogen-bond acceptors (Lipinski definition) is 4. The van der Waals surface area contributed by atoms with E-state index in [0.717, 1.165) is 72.8 Å². The maximum absolute atomic E-state index is 5.75. The van der Waals surface area contributed by atoms with E-state index in [9.17, 15) is 0 Å². The van der Waals surface area contributed by atoms with Gasteiger partial charge in [0.15, 0.2) is 5.65 Å². The van der Waals surface area contributed by atoms with E-state index < -0.39 is 0 Å². The molecular weight excluding hydrogens is 324 g/mol. The van der Waals surface area contributed by atoms with Gasteiger partial charge in [0.05, 0.1) is 11.8 Å². The summed E-state index contributed by atoms with van der Waals surface area (Å²) in [5.74, 6) is 0.999. The lowest BCUT2D eigenvalue weighted by Crippen LogP contribution is -2.20. The van der Waals surface area contributed by atoms with Crippen molar-refractivity contribution >= 4 is 11.5 Å². The maximum Gasteiger partial charge on any atom is 0.165 e. The number of aryl methyl sites for hydroxylation is 2. The Morgan fingerprint density at radius 2 is 2.12 bits per heavy atom. The highest BCUT2D eigenvalue weighted by molar-refractivity contribution is 5.80. The number of nitrogens with zero attached hydrogens (tertiary/aromatic N) is 3. The van der Waals surface area contributed by atoms with Crippen LogP contribution in [-0.4, -0.2) is 33.9 Å². The average Bonchev–Trinajstić information content (AvgIpc) is 3.28. The molecule has 1 atom stereocenters. The molecule has 5 nitrogen and oxygen atoms in total. The lowest BCUT2D eigenvalue weighted by atomic mass is 10.1. The van der Waals surface area contributed by atoms with E-state index in [4.69, 9.17) is 14.8 Å². The van der Waals surface area contributed by atoms with Crippen LogP contribution in [0.3, 0.4) is 0 Å². The monoisotopic (exact) mass is 350 g/mol. The number of hydrogen-bond donors (Lipinski definition) is 1. The Labute approximate surface area is 154 Å². The molecule has 3 heterocycles. The van der Waals surface area contributed by atoms with Crippen LogP contribution < -0.4 is 5.32 Å². The first-order chi connectivity index (χ1) is 12.8. The van der Waals surface area contributed by atoms with Crippen molar-refractivity contribution in [2.75, 3.05) is 18.5 Å². The lowest BCUT2D eigenvalue weighted by Gasteiger charge is -2.14. The molecular formula is C21H26N4O. The summed E-state index contributed by atoms with van der Waals surface area (Å²) in [6, 6.07) is 12.5. The molecule has 0 amide bonds. The van der Waals surface area contributed by atoms with Crippen molar-refractivity contribution in [3.63, 3.8) is 0 Å². The summed E-state index contributed by atoms with van der Waals surface area (Å²) >= 11 is 0. The molecule has 0 aliphatic carbocycles. The molecule has 136 valence electrons. The van der Waals surface area contributed by atoms with Crippen molar-refractivity contribution in [1.29, 1.82) is 0 Å². The van der Waals surface area contributed by atoms with Crippen LogP contribution >= 0.6 is 0 Å². The number of nitrogens with one attached hydrogen (secondary N) is 1. The quantitative estimate of drug-likeness (QED) is 0.722. The summed E-state index contributed by atoms with van der Waals surface area (Å²) in [5, 5.41) is 8.34. The van der Waals surface area contributed by atoms with Crippen LogP contribution in [0.2, 0.25) is 0 Å².